The summed E-state index contributed by atoms with van der Waals surface area (Å²) in [6.07, 6.45) is 0.850. The van der Waals surface area contributed by atoms with Gasteiger partial charge in [-0.3, -0.25) is 0 Å². The Morgan fingerprint density at radius 1 is 1.70 bits per heavy atom. The van der Waals surface area contributed by atoms with E-state index in [9.17, 15) is 10.1 Å². The van der Waals surface area contributed by atoms with Crippen LogP contribution in [0.4, 0.5) is 0 Å². The molecule has 0 bridgehead atoms. The van der Waals surface area contributed by atoms with Crippen molar-refractivity contribution in [3.05, 3.63) is 0 Å². The molecule has 5 heteroatoms. The summed E-state index contributed by atoms with van der Waals surface area (Å²) in [6.45, 7) is 0.555. The number of rotatable bonds is 1. The Labute approximate surface area is 80.7 Å². The molecule has 0 saturated carbocycles. The van der Waals surface area contributed by atoms with Crippen molar-refractivity contribution in [2.45, 2.75) is 18.9 Å². The van der Waals surface area contributed by atoms with Crippen molar-refractivity contribution in [3.8, 4) is 0 Å². The van der Waals surface area contributed by atoms with Crippen LogP contribution in [0.1, 0.15) is 12.8 Å². The summed E-state index contributed by atoms with van der Waals surface area (Å²) in [4.78, 5) is 13.6. The second-order valence-corrected chi connectivity index (χ2v) is 1.90. The van der Waals surface area contributed by atoms with E-state index in [1.807, 2.05) is 0 Å². The molecular weight excluding hydrogens is 147 g/mol. The van der Waals surface area contributed by atoms with Crippen LogP contribution in [0, 0.1) is 0 Å². The van der Waals surface area contributed by atoms with Crippen LogP contribution in [0.15, 0.2) is 0 Å². The Hall–Kier alpha value is 0.390. The Bertz CT molecular complexity index is 110. The first-order chi connectivity index (χ1) is 4.34. The van der Waals surface area contributed by atoms with E-state index in [-0.39, 0.29) is 29.6 Å². The maximum absolute atomic E-state index is 10.4. The molecule has 1 rings (SSSR count). The molecule has 4 nitrogen and oxygen atoms in total. The first kappa shape index (κ1) is 10.4. The maximum atomic E-state index is 10.4. The average molecular weight is 154 g/mol. The Kier molecular flexibility index (Phi) is 5.29. The van der Waals surface area contributed by atoms with Crippen molar-refractivity contribution in [3.63, 3.8) is 0 Å². The van der Waals surface area contributed by atoms with Gasteiger partial charge in [0.2, 0.25) is 0 Å². The Balaban J connectivity index is 0.000000810. The third kappa shape index (κ3) is 2.56. The van der Waals surface area contributed by atoms with Crippen molar-refractivity contribution < 1.29 is 49.2 Å². The van der Waals surface area contributed by atoms with Crippen molar-refractivity contribution in [1.29, 1.82) is 0 Å². The molecule has 52 valence electrons. The molecule has 0 N–H and O–H groups in total. The van der Waals surface area contributed by atoms with Crippen LogP contribution in [0.3, 0.4) is 0 Å². The van der Waals surface area contributed by atoms with Gasteiger partial charge < -0.3 is 14.9 Å². The zero-order valence-corrected chi connectivity index (χ0v) is 7.83. The molecule has 1 fully saturated rings. The van der Waals surface area contributed by atoms with Gasteiger partial charge in [-0.25, -0.2) is 4.79 Å². The second-order valence-electron chi connectivity index (χ2n) is 1.90. The monoisotopic (exact) mass is 154 g/mol. The summed E-state index contributed by atoms with van der Waals surface area (Å²) in [5.41, 5.74) is 0. The second kappa shape index (κ2) is 5.09. The van der Waals surface area contributed by atoms with Crippen LogP contribution >= 0.6 is 0 Å². The van der Waals surface area contributed by atoms with E-state index in [1.54, 1.807) is 0 Å². The summed E-state index contributed by atoms with van der Waals surface area (Å²) in [6, 6.07) is 0. The summed E-state index contributed by atoms with van der Waals surface area (Å²) in [5, 5.41) is 9.49. The van der Waals surface area contributed by atoms with Gasteiger partial charge in [-0.05, 0) is 12.8 Å². The third-order valence-electron chi connectivity index (χ3n) is 1.27. The zero-order chi connectivity index (χ0) is 6.69. The molecule has 0 aliphatic carbocycles. The van der Waals surface area contributed by atoms with Crippen LogP contribution < -0.4 is 34.8 Å². The summed E-state index contributed by atoms with van der Waals surface area (Å²) >= 11 is 0. The van der Waals surface area contributed by atoms with Crippen LogP contribution in [0.2, 0.25) is 0 Å². The largest absolute Gasteiger partial charge is 1.00 e. The average Bonchev–Trinajstić information content (AvgIpc) is 2.37. The van der Waals surface area contributed by atoms with Crippen molar-refractivity contribution in [2.24, 2.45) is 0 Å². The van der Waals surface area contributed by atoms with Crippen molar-refractivity contribution in [1.82, 2.24) is 0 Å². The zero-order valence-electron chi connectivity index (χ0n) is 5.83. The number of carbonyl (C=O) groups excluding carboxylic acids is 1. The van der Waals surface area contributed by atoms with Gasteiger partial charge in [0.05, 0.1) is 0 Å². The van der Waals surface area contributed by atoms with Gasteiger partial charge in [0, 0.05) is 6.61 Å². The van der Waals surface area contributed by atoms with E-state index in [0.717, 1.165) is 6.42 Å². The molecule has 0 aromatic heterocycles. The summed E-state index contributed by atoms with van der Waals surface area (Å²) in [5.74, 6) is -0.799. The SMILES string of the molecule is O=C(O[O-])C1CCCO1.[Na+]. The fourth-order valence-electron chi connectivity index (χ4n) is 0.817. The number of carbonyl (C=O) groups is 1. The first-order valence-electron chi connectivity index (χ1n) is 2.80. The van der Waals surface area contributed by atoms with E-state index in [4.69, 9.17) is 4.74 Å². The van der Waals surface area contributed by atoms with Gasteiger partial charge >= 0.3 is 35.5 Å². The van der Waals surface area contributed by atoms with Gasteiger partial charge in [0.1, 0.15) is 0 Å². The quantitative estimate of drug-likeness (QED) is 0.219. The van der Waals surface area contributed by atoms with Crippen LogP contribution in [-0.2, 0) is 14.4 Å². The van der Waals surface area contributed by atoms with Crippen LogP contribution in [-0.4, -0.2) is 18.7 Å². The molecule has 1 aliphatic rings. The molecular formula is C5H7NaO4. The van der Waals surface area contributed by atoms with E-state index in [2.05, 4.69) is 4.89 Å². The van der Waals surface area contributed by atoms with Gasteiger partial charge in [-0.1, -0.05) is 0 Å². The van der Waals surface area contributed by atoms with Crippen molar-refractivity contribution in [2.75, 3.05) is 6.61 Å². The molecule has 1 heterocycles. The van der Waals surface area contributed by atoms with Crippen molar-refractivity contribution >= 4 is 5.97 Å². The molecule has 1 atom stereocenters. The normalized spacial score (nSPS) is 23.5. The molecule has 0 aromatic carbocycles. The van der Waals surface area contributed by atoms with Gasteiger partial charge in [0.15, 0.2) is 6.10 Å². The molecule has 0 amide bonds. The minimum Gasteiger partial charge on any atom is -0.662 e. The number of hydrogen-bond acceptors (Lipinski definition) is 4. The fourth-order valence-corrected chi connectivity index (χ4v) is 0.817. The number of hydrogen-bond donors (Lipinski definition) is 0. The molecule has 0 radical (unpaired) electrons. The topological polar surface area (TPSA) is 58.6 Å². The Morgan fingerprint density at radius 2 is 2.40 bits per heavy atom. The molecule has 10 heavy (non-hydrogen) atoms. The molecule has 1 unspecified atom stereocenters. The van der Waals surface area contributed by atoms with E-state index < -0.39 is 12.1 Å². The van der Waals surface area contributed by atoms with Crippen LogP contribution in [0.5, 0.6) is 0 Å². The third-order valence-corrected chi connectivity index (χ3v) is 1.27. The summed E-state index contributed by atoms with van der Waals surface area (Å²) in [7, 11) is 0. The molecule has 1 aliphatic heterocycles. The summed E-state index contributed by atoms with van der Waals surface area (Å²) < 4.78 is 4.83. The predicted octanol–water partition coefficient (Wildman–Crippen LogP) is -4.01. The maximum Gasteiger partial charge on any atom is 1.00 e. The van der Waals surface area contributed by atoms with E-state index >= 15 is 0 Å². The van der Waals surface area contributed by atoms with Gasteiger partial charge in [0.25, 0.3) is 0 Å². The van der Waals surface area contributed by atoms with Gasteiger partial charge in [-0.2, -0.15) is 0 Å². The number of ether oxygens (including phenoxy) is 1. The predicted molar refractivity (Wildman–Crippen MR) is 25.1 cm³/mol. The molecule has 1 saturated heterocycles. The van der Waals surface area contributed by atoms with Crippen LogP contribution in [0.25, 0.3) is 0 Å². The Morgan fingerprint density at radius 3 is 2.80 bits per heavy atom. The standard InChI is InChI=1S/C5H8O4.Na/c6-5(9-7)4-2-1-3-8-4;/h4,7H,1-3H2;/q;+1/p-1. The van der Waals surface area contributed by atoms with E-state index in [0.29, 0.717) is 13.0 Å². The smallest absolute Gasteiger partial charge is 0.662 e. The first-order valence-corrected chi connectivity index (χ1v) is 2.80. The minimum atomic E-state index is -0.799. The fraction of sp³-hybridized carbons (Fsp3) is 0.800. The minimum absolute atomic E-state index is 0. The van der Waals surface area contributed by atoms with E-state index in [1.165, 1.54) is 0 Å². The molecule has 0 aromatic rings. The molecule has 0 spiro atoms. The van der Waals surface area contributed by atoms with Gasteiger partial charge in [-0.15, -0.1) is 0 Å².